The SMILES string of the molecule is CC.c1ccc([C@H]2CC[C@H](c3ccccc3)P2N(C2CCCCC2)P(c2ccccc2)c2ccccc2)cc1. The molecule has 0 bridgehead atoms. The van der Waals surface area contributed by atoms with Gasteiger partial charge in [0.1, 0.15) is 0 Å². The Balaban J connectivity index is 0.00000151. The third-order valence-corrected chi connectivity index (χ3v) is 14.7. The normalized spacial score (nSPS) is 20.1. The van der Waals surface area contributed by atoms with Gasteiger partial charge in [-0.2, -0.15) is 0 Å². The summed E-state index contributed by atoms with van der Waals surface area (Å²) in [6.07, 6.45) is 9.35. The smallest absolute Gasteiger partial charge is 0.0321 e. The van der Waals surface area contributed by atoms with Crippen LogP contribution in [0.3, 0.4) is 0 Å². The molecule has 0 aromatic heterocycles. The topological polar surface area (TPSA) is 3.24 Å². The van der Waals surface area contributed by atoms with Crippen molar-refractivity contribution in [2.45, 2.75) is 76.2 Å². The first-order valence-electron chi connectivity index (χ1n) is 15.0. The molecule has 3 heteroatoms. The second-order valence-corrected chi connectivity index (χ2v) is 15.2. The summed E-state index contributed by atoms with van der Waals surface area (Å²) in [5.41, 5.74) is 4.31. The second kappa shape index (κ2) is 14.4. The first kappa shape index (κ1) is 28.2. The molecule has 1 heterocycles. The largest absolute Gasteiger partial charge is 0.248 e. The van der Waals surface area contributed by atoms with E-state index in [1.807, 2.05) is 13.8 Å². The van der Waals surface area contributed by atoms with E-state index in [0.29, 0.717) is 17.4 Å². The summed E-state index contributed by atoms with van der Waals surface area (Å²) in [6, 6.07) is 46.6. The third-order valence-electron chi connectivity index (χ3n) is 8.07. The van der Waals surface area contributed by atoms with Crippen LogP contribution in [0.4, 0.5) is 0 Å². The standard InChI is InChI=1S/C34H37NP2.C2H6/c1-6-16-28(17-7-1)33-26-27-34(29-18-8-2-9-19-29)37(33)35(30-20-10-3-11-21-30)36(31-22-12-4-13-23-31)32-24-14-5-15-25-32;1-2/h1-2,4-9,12-19,22-25,30,33-34H,3,10-11,20-21,26-27H2;1-2H3/t33-,34-;/m1./s1. The van der Waals surface area contributed by atoms with Crippen molar-refractivity contribution in [3.63, 3.8) is 0 Å². The van der Waals surface area contributed by atoms with Crippen molar-refractivity contribution in [2.24, 2.45) is 0 Å². The van der Waals surface area contributed by atoms with Gasteiger partial charge in [-0.05, 0) is 55.5 Å². The van der Waals surface area contributed by atoms with Crippen LogP contribution in [-0.4, -0.2) is 10.5 Å². The molecule has 1 aliphatic heterocycles. The molecule has 0 radical (unpaired) electrons. The van der Waals surface area contributed by atoms with Crippen molar-refractivity contribution in [1.29, 1.82) is 0 Å². The predicted molar refractivity (Wildman–Crippen MR) is 174 cm³/mol. The van der Waals surface area contributed by atoms with Gasteiger partial charge in [-0.15, -0.1) is 0 Å². The minimum Gasteiger partial charge on any atom is -0.248 e. The lowest BCUT2D eigenvalue weighted by Gasteiger charge is -2.48. The van der Waals surface area contributed by atoms with Gasteiger partial charge in [-0.3, -0.25) is 0 Å². The molecule has 4 aromatic carbocycles. The van der Waals surface area contributed by atoms with E-state index in [1.165, 1.54) is 55.6 Å². The van der Waals surface area contributed by atoms with Crippen LogP contribution < -0.4 is 10.6 Å². The van der Waals surface area contributed by atoms with E-state index in [4.69, 9.17) is 0 Å². The fraction of sp³-hybridized carbons (Fsp3) is 0.333. The van der Waals surface area contributed by atoms with Crippen molar-refractivity contribution in [3.05, 3.63) is 132 Å². The number of benzene rings is 4. The highest BCUT2D eigenvalue weighted by Gasteiger charge is 2.46. The van der Waals surface area contributed by atoms with Crippen molar-refractivity contribution < 1.29 is 0 Å². The van der Waals surface area contributed by atoms with E-state index in [9.17, 15) is 0 Å². The highest BCUT2D eigenvalue weighted by atomic mass is 31.2. The average Bonchev–Trinajstić information content (AvgIpc) is 3.47. The molecule has 1 saturated heterocycles. The van der Waals surface area contributed by atoms with Crippen molar-refractivity contribution in [3.8, 4) is 0 Å². The molecule has 0 N–H and O–H groups in total. The first-order chi connectivity index (χ1) is 19.4. The molecule has 0 amide bonds. The van der Waals surface area contributed by atoms with Gasteiger partial charge in [0.05, 0.1) is 0 Å². The van der Waals surface area contributed by atoms with E-state index in [1.54, 1.807) is 11.1 Å². The molecular weight excluding hydrogens is 508 g/mol. The molecule has 2 fully saturated rings. The molecule has 1 nitrogen and oxygen atoms in total. The Hall–Kier alpha value is -2.30. The van der Waals surface area contributed by atoms with Crippen LogP contribution in [0.2, 0.25) is 0 Å². The third kappa shape index (κ3) is 6.55. The van der Waals surface area contributed by atoms with Crippen LogP contribution in [0, 0.1) is 0 Å². The molecule has 2 aliphatic rings. The van der Waals surface area contributed by atoms with Gasteiger partial charge in [0.25, 0.3) is 0 Å². The van der Waals surface area contributed by atoms with E-state index < -0.39 is 16.1 Å². The number of hydrogen-bond acceptors (Lipinski definition) is 1. The monoisotopic (exact) mass is 551 g/mol. The minimum absolute atomic E-state index is 0.435. The summed E-state index contributed by atoms with van der Waals surface area (Å²) in [5.74, 6) is 0. The van der Waals surface area contributed by atoms with Crippen LogP contribution >= 0.6 is 16.1 Å². The summed E-state index contributed by atoms with van der Waals surface area (Å²) in [5, 5.41) is 3.00. The zero-order valence-electron chi connectivity index (χ0n) is 23.6. The summed E-state index contributed by atoms with van der Waals surface area (Å²) >= 11 is 0. The average molecular weight is 552 g/mol. The van der Waals surface area contributed by atoms with Crippen LogP contribution in [0.25, 0.3) is 0 Å². The zero-order valence-corrected chi connectivity index (χ0v) is 25.4. The zero-order chi connectivity index (χ0) is 26.9. The van der Waals surface area contributed by atoms with Crippen molar-refractivity contribution >= 4 is 26.8 Å². The summed E-state index contributed by atoms with van der Waals surface area (Å²) in [4.78, 5) is 0. The molecule has 4 aromatic rings. The van der Waals surface area contributed by atoms with E-state index in [-0.39, 0.29) is 0 Å². The highest BCUT2D eigenvalue weighted by Crippen LogP contribution is 2.77. The van der Waals surface area contributed by atoms with Crippen LogP contribution in [-0.2, 0) is 0 Å². The lowest BCUT2D eigenvalue weighted by molar-refractivity contribution is 0.351. The van der Waals surface area contributed by atoms with Gasteiger partial charge >= 0.3 is 0 Å². The van der Waals surface area contributed by atoms with Gasteiger partial charge in [0.15, 0.2) is 0 Å². The molecule has 0 spiro atoms. The second-order valence-electron chi connectivity index (χ2n) is 10.4. The summed E-state index contributed by atoms with van der Waals surface area (Å²) < 4.78 is 3.15. The van der Waals surface area contributed by atoms with Gasteiger partial charge in [0.2, 0.25) is 0 Å². The molecule has 202 valence electrons. The van der Waals surface area contributed by atoms with Gasteiger partial charge in [-0.25, -0.2) is 4.44 Å². The van der Waals surface area contributed by atoms with Crippen LogP contribution in [0.1, 0.15) is 81.2 Å². The minimum atomic E-state index is -0.620. The lowest BCUT2D eigenvalue weighted by atomic mass is 9.96. The molecular formula is C36H43NP2. The summed E-state index contributed by atoms with van der Waals surface area (Å²) in [7, 11) is -1.06. The van der Waals surface area contributed by atoms with Gasteiger partial charge < -0.3 is 0 Å². The Labute approximate surface area is 239 Å². The molecule has 6 rings (SSSR count). The van der Waals surface area contributed by atoms with Gasteiger partial charge in [0, 0.05) is 25.4 Å². The van der Waals surface area contributed by atoms with Crippen molar-refractivity contribution in [1.82, 2.24) is 4.44 Å². The predicted octanol–water partition coefficient (Wildman–Crippen LogP) is 10.4. The molecule has 39 heavy (non-hydrogen) atoms. The van der Waals surface area contributed by atoms with E-state index in [2.05, 4.69) is 126 Å². The van der Waals surface area contributed by atoms with E-state index in [0.717, 1.165) is 0 Å². The number of rotatable bonds is 7. The summed E-state index contributed by atoms with van der Waals surface area (Å²) in [6.45, 7) is 4.00. The van der Waals surface area contributed by atoms with Gasteiger partial charge in [-0.1, -0.05) is 154 Å². The Kier molecular flexibility index (Phi) is 10.4. The lowest BCUT2D eigenvalue weighted by Crippen LogP contribution is -2.36. The maximum atomic E-state index is 3.15. The number of hydrogen-bond donors (Lipinski definition) is 0. The van der Waals surface area contributed by atoms with Crippen LogP contribution in [0.15, 0.2) is 121 Å². The Morgan fingerprint density at radius 3 is 1.31 bits per heavy atom. The molecule has 2 atom stereocenters. The Morgan fingerprint density at radius 1 is 0.513 bits per heavy atom. The van der Waals surface area contributed by atoms with Crippen molar-refractivity contribution in [2.75, 3.05) is 0 Å². The maximum Gasteiger partial charge on any atom is 0.0321 e. The van der Waals surface area contributed by atoms with E-state index >= 15 is 0 Å². The highest BCUT2D eigenvalue weighted by molar-refractivity contribution is 7.79. The quantitative estimate of drug-likeness (QED) is 0.207. The Morgan fingerprint density at radius 2 is 0.897 bits per heavy atom. The Bertz CT molecular complexity index is 1140. The molecule has 0 unspecified atom stereocenters. The first-order valence-corrected chi connectivity index (χ1v) is 17.7. The fourth-order valence-corrected chi connectivity index (χ4v) is 14.2. The maximum absolute atomic E-state index is 3.15. The number of nitrogens with zero attached hydrogens (tertiary/aromatic N) is 1. The molecule has 1 saturated carbocycles. The fourth-order valence-electron chi connectivity index (χ4n) is 6.36. The van der Waals surface area contributed by atoms with Crippen LogP contribution in [0.5, 0.6) is 0 Å². The molecule has 1 aliphatic carbocycles.